The lowest BCUT2D eigenvalue weighted by Gasteiger charge is -2.25. The van der Waals surface area contributed by atoms with Crippen molar-refractivity contribution in [3.05, 3.63) is 42.5 Å². The third-order valence-corrected chi connectivity index (χ3v) is 4.17. The Balaban J connectivity index is 1.63. The van der Waals surface area contributed by atoms with Crippen molar-refractivity contribution in [2.24, 2.45) is 0 Å². The van der Waals surface area contributed by atoms with Crippen LogP contribution in [-0.4, -0.2) is 38.7 Å². The van der Waals surface area contributed by atoms with E-state index in [1.54, 1.807) is 11.0 Å². The number of likely N-dealkylation sites (tertiary alicyclic amines) is 1. The first-order valence-corrected chi connectivity index (χ1v) is 8.12. The Morgan fingerprint density at radius 1 is 1.35 bits per heavy atom. The van der Waals surface area contributed by atoms with Crippen LogP contribution in [0.25, 0.3) is 0 Å². The highest BCUT2D eigenvalue weighted by Gasteiger charge is 2.29. The number of benzene rings is 1. The molecule has 1 aromatic heterocycles. The molecule has 1 aromatic carbocycles. The molecule has 0 saturated carbocycles. The molecule has 2 heterocycles. The molecule has 0 radical (unpaired) electrons. The minimum Gasteiger partial charge on any atom is -0.494 e. The van der Waals surface area contributed by atoms with Gasteiger partial charge in [-0.15, -0.1) is 0 Å². The van der Waals surface area contributed by atoms with Crippen LogP contribution in [0.2, 0.25) is 0 Å². The fraction of sp³-hybridized carbons (Fsp3) is 0.471. The first-order valence-electron chi connectivity index (χ1n) is 8.12. The molecule has 1 aliphatic rings. The van der Waals surface area contributed by atoms with Gasteiger partial charge in [0.15, 0.2) is 0 Å². The lowest BCUT2D eigenvalue weighted by Crippen LogP contribution is -2.31. The normalized spacial score (nSPS) is 17.4. The fourth-order valence-electron chi connectivity index (χ4n) is 3.07. The number of carbonyl (C=O) groups excluding carboxylic acids is 1. The monoisotopic (exact) mass is 314 g/mol. The molecule has 23 heavy (non-hydrogen) atoms. The van der Waals surface area contributed by atoms with Crippen molar-refractivity contribution in [2.75, 3.05) is 13.2 Å². The first-order chi connectivity index (χ1) is 11.3. The molecule has 0 N–H and O–H groups in total. The van der Waals surface area contributed by atoms with E-state index in [1.807, 2.05) is 24.0 Å². The van der Waals surface area contributed by atoms with Crippen LogP contribution < -0.4 is 4.74 Å². The van der Waals surface area contributed by atoms with Crippen molar-refractivity contribution >= 4 is 5.91 Å². The molecule has 1 fully saturated rings. The summed E-state index contributed by atoms with van der Waals surface area (Å²) in [6.45, 7) is 4.04. The van der Waals surface area contributed by atoms with Gasteiger partial charge in [0.25, 0.3) is 0 Å². The van der Waals surface area contributed by atoms with Crippen LogP contribution in [0.15, 0.2) is 36.9 Å². The summed E-state index contributed by atoms with van der Waals surface area (Å²) in [5, 5.41) is 4.04. The maximum absolute atomic E-state index is 12.5. The third-order valence-electron chi connectivity index (χ3n) is 4.17. The molecule has 0 unspecified atom stereocenters. The van der Waals surface area contributed by atoms with Crippen molar-refractivity contribution < 1.29 is 9.53 Å². The topological polar surface area (TPSA) is 60.2 Å². The molecule has 2 aromatic rings. The van der Waals surface area contributed by atoms with E-state index < -0.39 is 0 Å². The van der Waals surface area contributed by atoms with E-state index in [2.05, 4.69) is 22.2 Å². The molecule has 6 heteroatoms. The molecule has 0 spiro atoms. The number of aryl methyl sites for hydroxylation is 1. The third kappa shape index (κ3) is 3.70. The van der Waals surface area contributed by atoms with Crippen molar-refractivity contribution in [2.45, 2.75) is 38.8 Å². The van der Waals surface area contributed by atoms with Gasteiger partial charge >= 0.3 is 0 Å². The Kier molecular flexibility index (Phi) is 4.90. The van der Waals surface area contributed by atoms with Gasteiger partial charge in [0.2, 0.25) is 5.91 Å². The van der Waals surface area contributed by atoms with Crippen LogP contribution in [0, 0.1) is 0 Å². The van der Waals surface area contributed by atoms with Crippen LogP contribution in [0.4, 0.5) is 0 Å². The van der Waals surface area contributed by atoms with Crippen molar-refractivity contribution in [1.29, 1.82) is 0 Å². The smallest absolute Gasteiger partial charge is 0.224 e. The average Bonchev–Trinajstić information content (AvgIpc) is 3.25. The number of carbonyl (C=O) groups is 1. The highest BCUT2D eigenvalue weighted by Crippen LogP contribution is 2.33. The summed E-state index contributed by atoms with van der Waals surface area (Å²) in [7, 11) is 0. The van der Waals surface area contributed by atoms with Crippen LogP contribution in [0.5, 0.6) is 5.75 Å². The summed E-state index contributed by atoms with van der Waals surface area (Å²) in [4.78, 5) is 18.4. The van der Waals surface area contributed by atoms with Gasteiger partial charge in [0.05, 0.1) is 19.2 Å². The molecule has 6 nitrogen and oxygen atoms in total. The van der Waals surface area contributed by atoms with E-state index in [9.17, 15) is 4.79 Å². The minimum atomic E-state index is 0.175. The SMILES string of the molecule is CCOc1ccc([C@@H]2CCCN2C(=O)CCn2cncn2)cc1. The summed E-state index contributed by atoms with van der Waals surface area (Å²) in [5.74, 6) is 1.05. The summed E-state index contributed by atoms with van der Waals surface area (Å²) in [6.07, 6.45) is 5.65. The van der Waals surface area contributed by atoms with Gasteiger partial charge in [0, 0.05) is 13.0 Å². The Hall–Kier alpha value is -2.37. The lowest BCUT2D eigenvalue weighted by atomic mass is 10.0. The van der Waals surface area contributed by atoms with Gasteiger partial charge in [-0.2, -0.15) is 5.10 Å². The number of ether oxygens (including phenoxy) is 1. The Morgan fingerprint density at radius 3 is 2.87 bits per heavy atom. The molecule has 0 aliphatic carbocycles. The molecule has 0 bridgehead atoms. The number of amides is 1. The van der Waals surface area contributed by atoms with E-state index in [-0.39, 0.29) is 11.9 Å². The average molecular weight is 314 g/mol. The standard InChI is InChI=1S/C17H22N4O2/c1-2-23-15-7-5-14(6-8-15)16-4-3-10-21(16)17(22)9-11-20-13-18-12-19-20/h5-8,12-13,16H,2-4,9-11H2,1H3/t16-/m0/s1. The van der Waals surface area contributed by atoms with E-state index >= 15 is 0 Å². The Morgan fingerprint density at radius 2 is 2.17 bits per heavy atom. The number of nitrogens with zero attached hydrogens (tertiary/aromatic N) is 4. The van der Waals surface area contributed by atoms with Gasteiger partial charge in [-0.3, -0.25) is 9.48 Å². The second-order valence-electron chi connectivity index (χ2n) is 5.66. The zero-order chi connectivity index (χ0) is 16.1. The van der Waals surface area contributed by atoms with Crippen molar-refractivity contribution in [1.82, 2.24) is 19.7 Å². The highest BCUT2D eigenvalue weighted by atomic mass is 16.5. The number of aromatic nitrogens is 3. The summed E-state index contributed by atoms with van der Waals surface area (Å²) in [6, 6.07) is 8.27. The van der Waals surface area contributed by atoms with Crippen LogP contribution >= 0.6 is 0 Å². The predicted octanol–water partition coefficient (Wildman–Crippen LogP) is 2.43. The molecule has 1 aliphatic heterocycles. The van der Waals surface area contributed by atoms with E-state index in [4.69, 9.17) is 4.74 Å². The second kappa shape index (κ2) is 7.26. The van der Waals surface area contributed by atoms with Gasteiger partial charge in [0.1, 0.15) is 18.4 Å². The number of hydrogen-bond donors (Lipinski definition) is 0. The number of rotatable bonds is 6. The summed E-state index contributed by atoms with van der Waals surface area (Å²) in [5.41, 5.74) is 1.18. The lowest BCUT2D eigenvalue weighted by molar-refractivity contribution is -0.132. The molecular formula is C17H22N4O2. The molecule has 3 rings (SSSR count). The van der Waals surface area contributed by atoms with Crippen LogP contribution in [0.3, 0.4) is 0 Å². The fourth-order valence-corrected chi connectivity index (χ4v) is 3.07. The zero-order valence-corrected chi connectivity index (χ0v) is 13.4. The molecular weight excluding hydrogens is 292 g/mol. The van der Waals surface area contributed by atoms with Gasteiger partial charge in [-0.1, -0.05) is 12.1 Å². The predicted molar refractivity (Wildman–Crippen MR) is 85.9 cm³/mol. The maximum Gasteiger partial charge on any atom is 0.224 e. The minimum absolute atomic E-state index is 0.175. The van der Waals surface area contributed by atoms with Gasteiger partial charge in [-0.05, 0) is 37.5 Å². The first kappa shape index (κ1) is 15.5. The molecule has 122 valence electrons. The van der Waals surface area contributed by atoms with Gasteiger partial charge in [-0.25, -0.2) is 4.98 Å². The molecule has 1 amide bonds. The number of hydrogen-bond acceptors (Lipinski definition) is 4. The largest absolute Gasteiger partial charge is 0.494 e. The van der Waals surface area contributed by atoms with Crippen LogP contribution in [0.1, 0.15) is 37.8 Å². The van der Waals surface area contributed by atoms with E-state index in [1.165, 1.54) is 11.9 Å². The highest BCUT2D eigenvalue weighted by molar-refractivity contribution is 5.77. The zero-order valence-electron chi connectivity index (χ0n) is 13.4. The van der Waals surface area contributed by atoms with Crippen molar-refractivity contribution in [3.63, 3.8) is 0 Å². The maximum atomic E-state index is 12.5. The molecule has 1 saturated heterocycles. The Labute approximate surface area is 136 Å². The van der Waals surface area contributed by atoms with Crippen molar-refractivity contribution in [3.8, 4) is 5.75 Å². The summed E-state index contributed by atoms with van der Waals surface area (Å²) >= 11 is 0. The Bertz CT molecular complexity index is 625. The van der Waals surface area contributed by atoms with Gasteiger partial charge < -0.3 is 9.64 Å². The quantitative estimate of drug-likeness (QED) is 0.821. The summed E-state index contributed by atoms with van der Waals surface area (Å²) < 4.78 is 7.18. The molecule has 1 atom stereocenters. The van der Waals surface area contributed by atoms with E-state index in [0.29, 0.717) is 19.6 Å². The van der Waals surface area contributed by atoms with E-state index in [0.717, 1.165) is 25.1 Å². The van der Waals surface area contributed by atoms with Crippen LogP contribution in [-0.2, 0) is 11.3 Å². The second-order valence-corrected chi connectivity index (χ2v) is 5.66.